The van der Waals surface area contributed by atoms with Crippen LogP contribution in [0.3, 0.4) is 0 Å². The molecule has 0 bridgehead atoms. The van der Waals surface area contributed by atoms with Crippen LogP contribution in [-0.4, -0.2) is 0 Å². The summed E-state index contributed by atoms with van der Waals surface area (Å²) >= 11 is 0. The summed E-state index contributed by atoms with van der Waals surface area (Å²) in [6.07, 6.45) is 0. The summed E-state index contributed by atoms with van der Waals surface area (Å²) in [5.74, 6) is 0.833. The second-order valence-corrected chi connectivity index (χ2v) is 13.1. The smallest absolute Gasteiger partial charge is 0.203 e. The molecule has 4 aromatic carbocycles. The molecule has 38 heavy (non-hydrogen) atoms. The van der Waals surface area contributed by atoms with Crippen molar-refractivity contribution in [1.29, 1.82) is 0 Å². The van der Waals surface area contributed by atoms with Gasteiger partial charge in [-0.1, -0.05) is 75.4 Å². The van der Waals surface area contributed by atoms with Crippen molar-refractivity contribution in [2.75, 3.05) is 0 Å². The molecule has 0 atom stereocenters. The molecule has 0 spiro atoms. The average molecular weight is 569 g/mol. The first-order valence-corrected chi connectivity index (χ1v) is 15.0. The van der Waals surface area contributed by atoms with Crippen LogP contribution in [0.25, 0.3) is 36.2 Å². The summed E-state index contributed by atoms with van der Waals surface area (Å²) in [6, 6.07) is 35.2. The Balaban J connectivity index is 0.000000310. The molecule has 0 saturated carbocycles. The van der Waals surface area contributed by atoms with Crippen LogP contribution < -0.4 is 5.43 Å². The van der Waals surface area contributed by atoms with Gasteiger partial charge in [-0.2, -0.15) is 0 Å². The Bertz CT molecular complexity index is 1520. The molecule has 0 fully saturated rings. The van der Waals surface area contributed by atoms with Gasteiger partial charge >= 0.3 is 33.0 Å². The van der Waals surface area contributed by atoms with Crippen molar-refractivity contribution in [3.63, 3.8) is 0 Å². The molecule has 0 amide bonds. The predicted molar refractivity (Wildman–Crippen MR) is 151 cm³/mol. The van der Waals surface area contributed by atoms with E-state index in [2.05, 4.69) is 81.4 Å². The fourth-order valence-electron chi connectivity index (χ4n) is 3.60. The topological polar surface area (TPSA) is 17.1 Å². The van der Waals surface area contributed by atoms with E-state index in [0.29, 0.717) is 0 Å². The molecular weight excluding hydrogens is 541 g/mol. The minimum absolute atomic E-state index is 0.130. The molecule has 202 valence electrons. The molecule has 1 nitrogen and oxygen atoms in total. The van der Waals surface area contributed by atoms with E-state index >= 15 is 0 Å². The fraction of sp³-hybridized carbons (Fsp3) is 0.138. The van der Waals surface area contributed by atoms with Gasteiger partial charge < -0.3 is 0 Å². The monoisotopic (exact) mass is 568 g/mol. The van der Waals surface area contributed by atoms with Gasteiger partial charge in [-0.05, 0) is 65.6 Å². The molecule has 9 heteroatoms. The van der Waals surface area contributed by atoms with Gasteiger partial charge in [-0.3, -0.25) is 4.79 Å². The number of rotatable bonds is 2. The molecule has 0 N–H and O–H groups in total. The Morgan fingerprint density at radius 3 is 1.32 bits per heavy atom. The summed E-state index contributed by atoms with van der Waals surface area (Å²) in [7, 11) is -10.9. The van der Waals surface area contributed by atoms with E-state index in [1.807, 2.05) is 42.5 Å². The first-order valence-electron chi connectivity index (χ1n) is 11.7. The maximum absolute atomic E-state index is 12.9. The molecule has 0 aliphatic heterocycles. The summed E-state index contributed by atoms with van der Waals surface area (Å²) in [4.78, 5) is 14.2. The fourth-order valence-corrected chi connectivity index (χ4v) is 5.94. The second-order valence-electron chi connectivity index (χ2n) is 9.21. The molecule has 5 rings (SSSR count). The molecule has 0 saturated heterocycles. The van der Waals surface area contributed by atoms with E-state index in [9.17, 15) is 30.0 Å². The van der Waals surface area contributed by atoms with Crippen LogP contribution in [0, 0.1) is 5.92 Å². The van der Waals surface area contributed by atoms with Gasteiger partial charge in [0.05, 0.1) is 10.8 Å². The third-order valence-electron chi connectivity index (χ3n) is 4.90. The van der Waals surface area contributed by atoms with Crippen molar-refractivity contribution in [2.24, 2.45) is 5.92 Å². The predicted octanol–water partition coefficient (Wildman–Crippen LogP) is 11.8. The standard InChI is InChI=1S/C25H17OS.C4H10.F6P/c26-25-21-10-4-6-12-23(21)27(24-13-7-5-11-22(24)25)20-16-14-19(15-17-20)18-8-2-1-3-9-18;1-4(2)3;1-7(2,3,4,5)6/h1-17H;4H,1-3H3;/q+1;;-1. The Morgan fingerprint density at radius 1 is 0.553 bits per heavy atom. The SMILES string of the molecule is CC(C)C.F[P-](F)(F)(F)(F)F.O=c1c2ccccc2[s+](-c2ccc(-c3ccccc3)cc2)c2ccccc12. The molecule has 0 aliphatic carbocycles. The summed E-state index contributed by atoms with van der Waals surface area (Å²) in [6.45, 7) is 6.50. The van der Waals surface area contributed by atoms with Crippen molar-refractivity contribution < 1.29 is 25.2 Å². The van der Waals surface area contributed by atoms with Gasteiger partial charge in [-0.15, -0.1) is 0 Å². The quantitative estimate of drug-likeness (QED) is 0.0896. The second kappa shape index (κ2) is 10.5. The summed E-state index contributed by atoms with van der Waals surface area (Å²) < 4.78 is 61.4. The number of benzene rings is 4. The van der Waals surface area contributed by atoms with E-state index in [1.54, 1.807) is 0 Å². The van der Waals surface area contributed by atoms with Gasteiger partial charge in [0.15, 0.2) is 14.3 Å². The first-order chi connectivity index (χ1) is 17.5. The minimum Gasteiger partial charge on any atom is -0.288 e. The van der Waals surface area contributed by atoms with Crippen molar-refractivity contribution in [2.45, 2.75) is 20.8 Å². The molecule has 0 unspecified atom stereocenters. The Kier molecular flexibility index (Phi) is 8.11. The van der Waals surface area contributed by atoms with Crippen molar-refractivity contribution >= 4 is 38.5 Å². The van der Waals surface area contributed by atoms with Crippen LogP contribution in [0.4, 0.5) is 25.2 Å². The number of hydrogen-bond acceptors (Lipinski definition) is 1. The van der Waals surface area contributed by atoms with Crippen LogP contribution in [0.5, 0.6) is 0 Å². The maximum atomic E-state index is 12.9. The van der Waals surface area contributed by atoms with Crippen LogP contribution in [0.2, 0.25) is 0 Å². The summed E-state index contributed by atoms with van der Waals surface area (Å²) in [5, 5.41) is 1.65. The molecular formula is C29H27F6OPS. The Hall–Kier alpha value is -3.22. The average Bonchev–Trinajstić information content (AvgIpc) is 2.83. The Labute approximate surface area is 219 Å². The van der Waals surface area contributed by atoms with Crippen LogP contribution in [0.15, 0.2) is 108 Å². The van der Waals surface area contributed by atoms with E-state index < -0.39 is 7.81 Å². The van der Waals surface area contributed by atoms with E-state index in [1.165, 1.54) is 16.0 Å². The van der Waals surface area contributed by atoms with Crippen LogP contribution in [-0.2, 0) is 0 Å². The number of fused-ring (bicyclic) bond motifs is 2. The minimum atomic E-state index is -10.7. The third kappa shape index (κ3) is 8.96. The van der Waals surface area contributed by atoms with Crippen molar-refractivity contribution in [3.05, 3.63) is 113 Å². The first kappa shape index (κ1) is 29.3. The van der Waals surface area contributed by atoms with Crippen molar-refractivity contribution in [1.82, 2.24) is 0 Å². The van der Waals surface area contributed by atoms with Crippen LogP contribution in [0.1, 0.15) is 20.8 Å². The van der Waals surface area contributed by atoms with Gasteiger partial charge in [0.1, 0.15) is 0 Å². The molecule has 0 aliphatic rings. The summed E-state index contributed by atoms with van der Waals surface area (Å²) in [5.41, 5.74) is 2.55. The van der Waals surface area contributed by atoms with Crippen LogP contribution >= 0.6 is 18.3 Å². The van der Waals surface area contributed by atoms with E-state index in [-0.39, 0.29) is 15.9 Å². The zero-order valence-corrected chi connectivity index (χ0v) is 22.6. The third-order valence-corrected chi connectivity index (χ3v) is 7.24. The Morgan fingerprint density at radius 2 is 0.895 bits per heavy atom. The van der Waals surface area contributed by atoms with E-state index in [4.69, 9.17) is 0 Å². The normalized spacial score (nSPS) is 13.1. The molecule has 5 aromatic rings. The zero-order valence-electron chi connectivity index (χ0n) is 20.9. The molecule has 1 heterocycles. The number of halogens is 6. The van der Waals surface area contributed by atoms with Crippen molar-refractivity contribution in [3.8, 4) is 16.0 Å². The zero-order chi connectivity index (χ0) is 28.2. The molecule has 0 radical (unpaired) electrons. The molecule has 1 aromatic heterocycles. The number of hydrogen-bond donors (Lipinski definition) is 0. The largest absolute Gasteiger partial charge is 0.288 e. The van der Waals surface area contributed by atoms with Gasteiger partial charge in [0.25, 0.3) is 0 Å². The van der Waals surface area contributed by atoms with Gasteiger partial charge in [0.2, 0.25) is 5.43 Å². The van der Waals surface area contributed by atoms with E-state index in [0.717, 1.165) is 26.1 Å². The maximum Gasteiger partial charge on any atom is 0.203 e. The van der Waals surface area contributed by atoms with Gasteiger partial charge in [0, 0.05) is 10.5 Å². The van der Waals surface area contributed by atoms with Gasteiger partial charge in [-0.25, -0.2) is 0 Å².